The van der Waals surface area contributed by atoms with E-state index in [4.69, 9.17) is 0 Å². The average Bonchev–Trinajstić information content (AvgIpc) is 2.04. The summed E-state index contributed by atoms with van der Waals surface area (Å²) in [4.78, 5) is 2.09. The molecular formula is C11H14BrN. The minimum absolute atomic E-state index is 0.897. The van der Waals surface area contributed by atoms with E-state index in [0.717, 1.165) is 10.9 Å². The van der Waals surface area contributed by atoms with Crippen LogP contribution in [-0.2, 0) is 6.42 Å². The van der Waals surface area contributed by atoms with Crippen molar-refractivity contribution in [1.82, 2.24) is 0 Å². The van der Waals surface area contributed by atoms with Crippen LogP contribution in [0.4, 0.5) is 5.69 Å². The molecule has 0 amide bonds. The summed E-state index contributed by atoms with van der Waals surface area (Å²) < 4.78 is 1.02. The van der Waals surface area contributed by atoms with Gasteiger partial charge in [0.25, 0.3) is 0 Å². The Hall–Kier alpha value is -0.760. The van der Waals surface area contributed by atoms with Gasteiger partial charge in [0.15, 0.2) is 0 Å². The van der Waals surface area contributed by atoms with Gasteiger partial charge in [-0.05, 0) is 22.2 Å². The van der Waals surface area contributed by atoms with Crippen LogP contribution in [0.3, 0.4) is 0 Å². The summed E-state index contributed by atoms with van der Waals surface area (Å²) in [7, 11) is 4.08. The normalized spacial score (nSPS) is 9.77. The monoisotopic (exact) mass is 239 g/mol. The Kier molecular flexibility index (Phi) is 3.55. The van der Waals surface area contributed by atoms with Crippen LogP contribution < -0.4 is 4.90 Å². The third-order valence-electron chi connectivity index (χ3n) is 1.85. The Morgan fingerprint density at radius 1 is 1.31 bits per heavy atom. The molecule has 0 fully saturated rings. The van der Waals surface area contributed by atoms with E-state index in [2.05, 4.69) is 51.7 Å². The van der Waals surface area contributed by atoms with Crippen LogP contribution in [0.15, 0.2) is 35.3 Å². The van der Waals surface area contributed by atoms with Crippen molar-refractivity contribution in [3.63, 3.8) is 0 Å². The molecule has 0 saturated carbocycles. The third kappa shape index (κ3) is 3.23. The van der Waals surface area contributed by atoms with E-state index in [9.17, 15) is 0 Å². The molecule has 70 valence electrons. The molecule has 1 aromatic carbocycles. The van der Waals surface area contributed by atoms with E-state index in [0.29, 0.717) is 0 Å². The van der Waals surface area contributed by atoms with Crippen LogP contribution in [-0.4, -0.2) is 14.1 Å². The number of allylic oxidation sites excluding steroid dienone is 1. The molecule has 0 atom stereocenters. The Balaban J connectivity index is 2.75. The number of hydrogen-bond acceptors (Lipinski definition) is 1. The van der Waals surface area contributed by atoms with Gasteiger partial charge in [0, 0.05) is 26.2 Å². The van der Waals surface area contributed by atoms with E-state index in [1.807, 2.05) is 14.1 Å². The molecule has 0 radical (unpaired) electrons. The zero-order valence-electron chi connectivity index (χ0n) is 8.05. The fraction of sp³-hybridized carbons (Fsp3) is 0.273. The van der Waals surface area contributed by atoms with E-state index in [-0.39, 0.29) is 0 Å². The van der Waals surface area contributed by atoms with Crippen molar-refractivity contribution in [2.75, 3.05) is 19.0 Å². The minimum Gasteiger partial charge on any atom is -0.378 e. The van der Waals surface area contributed by atoms with Crippen molar-refractivity contribution in [1.29, 1.82) is 0 Å². The fourth-order valence-electron chi connectivity index (χ4n) is 1.13. The Labute approximate surface area is 88.2 Å². The number of nitrogens with zero attached hydrogens (tertiary/aromatic N) is 1. The molecule has 0 saturated heterocycles. The first-order valence-corrected chi connectivity index (χ1v) is 4.98. The molecule has 1 nitrogen and oxygen atoms in total. The first kappa shape index (κ1) is 10.3. The maximum absolute atomic E-state index is 3.81. The highest BCUT2D eigenvalue weighted by molar-refractivity contribution is 9.11. The van der Waals surface area contributed by atoms with Crippen molar-refractivity contribution in [2.45, 2.75) is 6.42 Å². The summed E-state index contributed by atoms with van der Waals surface area (Å²) in [6.07, 6.45) is 0.897. The fourth-order valence-corrected chi connectivity index (χ4v) is 1.46. The predicted molar refractivity (Wildman–Crippen MR) is 62.5 cm³/mol. The third-order valence-corrected chi connectivity index (χ3v) is 2.13. The summed E-state index contributed by atoms with van der Waals surface area (Å²) in [5, 5.41) is 0. The summed E-state index contributed by atoms with van der Waals surface area (Å²) in [6.45, 7) is 3.81. The number of rotatable bonds is 3. The van der Waals surface area contributed by atoms with Gasteiger partial charge < -0.3 is 4.90 Å². The molecule has 0 aliphatic carbocycles. The van der Waals surface area contributed by atoms with Crippen LogP contribution in [0, 0.1) is 0 Å². The lowest BCUT2D eigenvalue weighted by atomic mass is 10.1. The van der Waals surface area contributed by atoms with E-state index >= 15 is 0 Å². The smallest absolute Gasteiger partial charge is 0.0361 e. The number of anilines is 1. The average molecular weight is 240 g/mol. The second-order valence-corrected chi connectivity index (χ2v) is 4.38. The van der Waals surface area contributed by atoms with Crippen LogP contribution in [0.25, 0.3) is 0 Å². The van der Waals surface area contributed by atoms with Crippen molar-refractivity contribution >= 4 is 21.6 Å². The van der Waals surface area contributed by atoms with E-state index < -0.39 is 0 Å². The van der Waals surface area contributed by atoms with Crippen molar-refractivity contribution in [3.05, 3.63) is 40.9 Å². The lowest BCUT2D eigenvalue weighted by Crippen LogP contribution is -2.08. The predicted octanol–water partition coefficient (Wildman–Crippen LogP) is 3.20. The molecule has 0 unspecified atom stereocenters. The van der Waals surface area contributed by atoms with Crippen LogP contribution in [0.1, 0.15) is 5.56 Å². The Morgan fingerprint density at radius 2 is 1.85 bits per heavy atom. The highest BCUT2D eigenvalue weighted by atomic mass is 79.9. The molecular weight excluding hydrogens is 226 g/mol. The molecule has 0 spiro atoms. The Morgan fingerprint density at radius 3 is 2.23 bits per heavy atom. The molecule has 0 heterocycles. The van der Waals surface area contributed by atoms with Gasteiger partial charge in [-0.3, -0.25) is 0 Å². The van der Waals surface area contributed by atoms with Gasteiger partial charge in [-0.1, -0.05) is 34.6 Å². The standard InChI is InChI=1S/C11H14BrN/c1-9(12)8-10-4-6-11(7-5-10)13(2)3/h4-7H,1,8H2,2-3H3. The summed E-state index contributed by atoms with van der Waals surface area (Å²) in [5.41, 5.74) is 2.51. The molecule has 1 rings (SSSR count). The minimum atomic E-state index is 0.897. The zero-order valence-corrected chi connectivity index (χ0v) is 9.63. The maximum Gasteiger partial charge on any atom is 0.0361 e. The second-order valence-electron chi connectivity index (χ2n) is 3.25. The first-order chi connectivity index (χ1) is 6.09. The largest absolute Gasteiger partial charge is 0.378 e. The second kappa shape index (κ2) is 4.47. The van der Waals surface area contributed by atoms with Gasteiger partial charge in [0.2, 0.25) is 0 Å². The van der Waals surface area contributed by atoms with E-state index in [1.165, 1.54) is 11.3 Å². The number of benzene rings is 1. The van der Waals surface area contributed by atoms with Crippen molar-refractivity contribution in [2.24, 2.45) is 0 Å². The van der Waals surface area contributed by atoms with Gasteiger partial charge in [0.1, 0.15) is 0 Å². The van der Waals surface area contributed by atoms with Crippen LogP contribution >= 0.6 is 15.9 Å². The van der Waals surface area contributed by atoms with Gasteiger partial charge in [-0.15, -0.1) is 0 Å². The van der Waals surface area contributed by atoms with Crippen molar-refractivity contribution in [3.8, 4) is 0 Å². The van der Waals surface area contributed by atoms with Gasteiger partial charge in [0.05, 0.1) is 0 Å². The molecule has 2 heteroatoms. The molecule has 0 aromatic heterocycles. The van der Waals surface area contributed by atoms with Crippen LogP contribution in [0.2, 0.25) is 0 Å². The number of halogens is 1. The molecule has 0 bridgehead atoms. The molecule has 1 aromatic rings. The molecule has 13 heavy (non-hydrogen) atoms. The molecule has 0 aliphatic rings. The first-order valence-electron chi connectivity index (χ1n) is 4.19. The van der Waals surface area contributed by atoms with Gasteiger partial charge in [-0.25, -0.2) is 0 Å². The summed E-state index contributed by atoms with van der Waals surface area (Å²) in [6, 6.07) is 8.49. The summed E-state index contributed by atoms with van der Waals surface area (Å²) >= 11 is 3.35. The Bertz CT molecular complexity index is 287. The lowest BCUT2D eigenvalue weighted by molar-refractivity contribution is 1.12. The van der Waals surface area contributed by atoms with Crippen LogP contribution in [0.5, 0.6) is 0 Å². The SMILES string of the molecule is C=C(Br)Cc1ccc(N(C)C)cc1. The highest BCUT2D eigenvalue weighted by Crippen LogP contribution is 2.16. The van der Waals surface area contributed by atoms with E-state index in [1.54, 1.807) is 0 Å². The topological polar surface area (TPSA) is 3.24 Å². The van der Waals surface area contributed by atoms with Crippen molar-refractivity contribution < 1.29 is 0 Å². The molecule has 0 N–H and O–H groups in total. The molecule has 0 aliphatic heterocycles. The lowest BCUT2D eigenvalue weighted by Gasteiger charge is -2.12. The van der Waals surface area contributed by atoms with Gasteiger partial charge >= 0.3 is 0 Å². The maximum atomic E-state index is 3.81. The highest BCUT2D eigenvalue weighted by Gasteiger charge is 1.96. The summed E-state index contributed by atoms with van der Waals surface area (Å²) in [5.74, 6) is 0. The quantitative estimate of drug-likeness (QED) is 0.784. The number of hydrogen-bond donors (Lipinski definition) is 0. The zero-order chi connectivity index (χ0) is 9.84. The van der Waals surface area contributed by atoms with Gasteiger partial charge in [-0.2, -0.15) is 0 Å².